The third-order valence-corrected chi connectivity index (χ3v) is 4.98. The predicted molar refractivity (Wildman–Crippen MR) is 125 cm³/mol. The first kappa shape index (κ1) is 20.9. The van der Waals surface area contributed by atoms with Crippen molar-refractivity contribution in [3.8, 4) is 11.1 Å². The maximum atomic E-state index is 12.3. The maximum Gasteiger partial charge on any atom is 0.273 e. The first-order valence-corrected chi connectivity index (χ1v) is 9.63. The van der Waals surface area contributed by atoms with Crippen molar-refractivity contribution in [2.24, 2.45) is 7.05 Å². The van der Waals surface area contributed by atoms with Crippen LogP contribution in [0.25, 0.3) is 11.1 Å². The van der Waals surface area contributed by atoms with E-state index in [1.54, 1.807) is 24.9 Å². The Kier molecular flexibility index (Phi) is 6.06. The number of pyridine rings is 1. The van der Waals surface area contributed by atoms with E-state index in [4.69, 9.17) is 0 Å². The van der Waals surface area contributed by atoms with E-state index >= 15 is 0 Å². The van der Waals surface area contributed by atoms with Crippen LogP contribution in [0.1, 0.15) is 11.1 Å². The summed E-state index contributed by atoms with van der Waals surface area (Å²) in [4.78, 5) is 24.1. The van der Waals surface area contributed by atoms with Crippen LogP contribution in [0.3, 0.4) is 0 Å². The van der Waals surface area contributed by atoms with Crippen molar-refractivity contribution in [3.63, 3.8) is 0 Å². The molecule has 0 saturated heterocycles. The maximum absolute atomic E-state index is 12.3. The quantitative estimate of drug-likeness (QED) is 0.528. The Morgan fingerprint density at radius 3 is 2.40 bits per heavy atom. The van der Waals surface area contributed by atoms with Crippen LogP contribution in [0.15, 0.2) is 66.1 Å². The highest BCUT2D eigenvalue weighted by Gasteiger charge is 2.13. The summed E-state index contributed by atoms with van der Waals surface area (Å²) in [5.74, 6) is -0.284. The van der Waals surface area contributed by atoms with Crippen molar-refractivity contribution in [1.29, 1.82) is 0 Å². The lowest BCUT2D eigenvalue weighted by Gasteiger charge is -2.18. The Balaban J connectivity index is 2.18. The summed E-state index contributed by atoms with van der Waals surface area (Å²) in [7, 11) is 3.44. The van der Waals surface area contributed by atoms with Gasteiger partial charge in [-0.25, -0.2) is 0 Å². The normalized spacial score (nSPS) is 10.4. The molecule has 0 atom stereocenters. The Morgan fingerprint density at radius 2 is 1.77 bits per heavy atom. The molecule has 1 heterocycles. The number of rotatable bonds is 6. The summed E-state index contributed by atoms with van der Waals surface area (Å²) in [6.07, 6.45) is 3.02. The van der Waals surface area contributed by atoms with E-state index in [-0.39, 0.29) is 11.5 Å². The van der Waals surface area contributed by atoms with E-state index in [1.807, 2.05) is 30.3 Å². The molecule has 0 unspecified atom stereocenters. The van der Waals surface area contributed by atoms with Gasteiger partial charge in [0.15, 0.2) is 0 Å². The van der Waals surface area contributed by atoms with Gasteiger partial charge in [-0.05, 0) is 55.3 Å². The zero-order valence-corrected chi connectivity index (χ0v) is 17.7. The highest BCUT2D eigenvalue weighted by molar-refractivity contribution is 6.00. The molecule has 0 saturated carbocycles. The molecule has 3 rings (SSSR count). The van der Waals surface area contributed by atoms with Gasteiger partial charge >= 0.3 is 0 Å². The van der Waals surface area contributed by atoms with Gasteiger partial charge in [0.25, 0.3) is 5.56 Å². The molecule has 0 aliphatic heterocycles. The number of anilines is 4. The lowest BCUT2D eigenvalue weighted by atomic mass is 10.0. The number of carbonyl (C=O) groups is 1. The summed E-state index contributed by atoms with van der Waals surface area (Å²) in [5, 5.41) is 9.29. The molecule has 0 radical (unpaired) electrons. The summed E-state index contributed by atoms with van der Waals surface area (Å²) in [6, 6.07) is 13.6. The molecular formula is C24H26N4O2. The monoisotopic (exact) mass is 402 g/mol. The van der Waals surface area contributed by atoms with E-state index in [0.717, 1.165) is 33.6 Å². The molecule has 3 N–H and O–H groups in total. The number of benzene rings is 2. The van der Waals surface area contributed by atoms with E-state index in [0.29, 0.717) is 11.4 Å². The van der Waals surface area contributed by atoms with Gasteiger partial charge in [-0.15, -0.1) is 0 Å². The Bertz CT molecular complexity index is 1160. The Hall–Kier alpha value is -3.80. The van der Waals surface area contributed by atoms with Gasteiger partial charge in [0, 0.05) is 48.5 Å². The number of nitrogens with zero attached hydrogens (tertiary/aromatic N) is 1. The Labute approximate surface area is 176 Å². The molecule has 3 aromatic rings. The number of para-hydroxylation sites is 1. The van der Waals surface area contributed by atoms with Gasteiger partial charge in [0.2, 0.25) is 5.91 Å². The predicted octanol–water partition coefficient (Wildman–Crippen LogP) is 4.58. The number of hydrogen-bond acceptors (Lipinski definition) is 4. The molecule has 30 heavy (non-hydrogen) atoms. The van der Waals surface area contributed by atoms with Crippen molar-refractivity contribution in [2.75, 3.05) is 23.0 Å². The minimum absolute atomic E-state index is 0.110. The number of nitrogens with one attached hydrogen (secondary N) is 3. The molecule has 6 nitrogen and oxygen atoms in total. The van der Waals surface area contributed by atoms with Crippen LogP contribution < -0.4 is 21.5 Å². The smallest absolute Gasteiger partial charge is 0.273 e. The molecule has 1 amide bonds. The highest BCUT2D eigenvalue weighted by Crippen LogP contribution is 2.35. The zero-order chi connectivity index (χ0) is 21.8. The van der Waals surface area contributed by atoms with Crippen molar-refractivity contribution < 1.29 is 4.79 Å². The first-order valence-electron chi connectivity index (χ1n) is 9.63. The van der Waals surface area contributed by atoms with Crippen LogP contribution in [0.4, 0.5) is 22.7 Å². The third-order valence-electron chi connectivity index (χ3n) is 4.98. The number of hydrogen-bond donors (Lipinski definition) is 3. The standard InChI is InChI=1S/C24H26N4O2/c1-6-22(29)26-18-10-11-20(27-23-15(2)8-7-9-16(23)3)19(13-18)17-12-21(25-4)24(30)28(5)14-17/h6-14,25,27H,1H2,2-5H3,(H,26,29). The van der Waals surface area contributed by atoms with Gasteiger partial charge in [0.05, 0.1) is 0 Å². The molecule has 6 heteroatoms. The molecular weight excluding hydrogens is 376 g/mol. The van der Waals surface area contributed by atoms with Gasteiger partial charge in [0.1, 0.15) is 5.69 Å². The van der Waals surface area contributed by atoms with Crippen molar-refractivity contribution in [3.05, 3.63) is 82.8 Å². The van der Waals surface area contributed by atoms with Crippen LogP contribution in [0, 0.1) is 13.8 Å². The van der Waals surface area contributed by atoms with E-state index in [1.165, 1.54) is 6.08 Å². The molecule has 1 aromatic heterocycles. The van der Waals surface area contributed by atoms with Crippen LogP contribution in [0.5, 0.6) is 0 Å². The molecule has 0 aliphatic carbocycles. The average Bonchev–Trinajstić information content (AvgIpc) is 2.73. The molecule has 0 fully saturated rings. The molecule has 0 spiro atoms. The van der Waals surface area contributed by atoms with Gasteiger partial charge in [-0.1, -0.05) is 24.8 Å². The summed E-state index contributed by atoms with van der Waals surface area (Å²) >= 11 is 0. The first-order chi connectivity index (χ1) is 14.3. The van der Waals surface area contributed by atoms with Crippen LogP contribution in [-0.2, 0) is 11.8 Å². The fourth-order valence-corrected chi connectivity index (χ4v) is 3.35. The second kappa shape index (κ2) is 8.69. The second-order valence-electron chi connectivity index (χ2n) is 7.15. The average molecular weight is 402 g/mol. The molecule has 154 valence electrons. The van der Waals surface area contributed by atoms with Crippen molar-refractivity contribution >= 4 is 28.7 Å². The fraction of sp³-hybridized carbons (Fsp3) is 0.167. The highest BCUT2D eigenvalue weighted by atomic mass is 16.1. The van der Waals surface area contributed by atoms with Gasteiger partial charge in [-0.3, -0.25) is 9.59 Å². The largest absolute Gasteiger partial charge is 0.384 e. The fourth-order valence-electron chi connectivity index (χ4n) is 3.35. The second-order valence-corrected chi connectivity index (χ2v) is 7.15. The summed E-state index contributed by atoms with van der Waals surface area (Å²) in [6.45, 7) is 7.61. The minimum Gasteiger partial charge on any atom is -0.384 e. The number of aryl methyl sites for hydroxylation is 3. The lowest BCUT2D eigenvalue weighted by Crippen LogP contribution is -2.19. The lowest BCUT2D eigenvalue weighted by molar-refractivity contribution is -0.111. The third kappa shape index (κ3) is 4.27. The van der Waals surface area contributed by atoms with Crippen molar-refractivity contribution in [2.45, 2.75) is 13.8 Å². The summed E-state index contributed by atoms with van der Waals surface area (Å²) in [5.41, 5.74) is 6.86. The molecule has 0 aliphatic rings. The van der Waals surface area contributed by atoms with Crippen LogP contribution >= 0.6 is 0 Å². The number of amides is 1. The number of carbonyl (C=O) groups excluding carboxylic acids is 1. The van der Waals surface area contributed by atoms with Crippen LogP contribution in [-0.4, -0.2) is 17.5 Å². The van der Waals surface area contributed by atoms with E-state index in [2.05, 4.69) is 48.5 Å². The minimum atomic E-state index is -0.284. The topological polar surface area (TPSA) is 75.2 Å². The SMILES string of the molecule is C=CC(=O)Nc1ccc(Nc2c(C)cccc2C)c(-c2cc(NC)c(=O)n(C)c2)c1. The van der Waals surface area contributed by atoms with Gasteiger partial charge < -0.3 is 20.5 Å². The van der Waals surface area contributed by atoms with E-state index in [9.17, 15) is 9.59 Å². The zero-order valence-electron chi connectivity index (χ0n) is 17.7. The molecule has 0 bridgehead atoms. The van der Waals surface area contributed by atoms with E-state index < -0.39 is 0 Å². The van der Waals surface area contributed by atoms with Crippen molar-refractivity contribution in [1.82, 2.24) is 4.57 Å². The van der Waals surface area contributed by atoms with Crippen LogP contribution in [0.2, 0.25) is 0 Å². The Morgan fingerprint density at radius 1 is 1.07 bits per heavy atom. The number of aromatic nitrogens is 1. The summed E-state index contributed by atoms with van der Waals surface area (Å²) < 4.78 is 1.54. The molecule has 2 aromatic carbocycles. The van der Waals surface area contributed by atoms with Gasteiger partial charge in [-0.2, -0.15) is 0 Å².